The molecule has 0 spiro atoms. The maximum absolute atomic E-state index is 11.8. The van der Waals surface area contributed by atoms with Gasteiger partial charge in [-0.1, -0.05) is 17.7 Å². The van der Waals surface area contributed by atoms with Crippen LogP contribution in [0.1, 0.15) is 5.69 Å². The van der Waals surface area contributed by atoms with Crippen molar-refractivity contribution in [3.05, 3.63) is 64.6 Å². The minimum atomic E-state index is -0.469. The Morgan fingerprint density at radius 1 is 1.15 bits per heavy atom. The molecule has 0 N–H and O–H groups in total. The van der Waals surface area contributed by atoms with E-state index in [4.69, 9.17) is 25.8 Å². The van der Waals surface area contributed by atoms with Crippen molar-refractivity contribution in [2.24, 2.45) is 0 Å². The van der Waals surface area contributed by atoms with Crippen LogP contribution >= 0.6 is 22.9 Å². The summed E-state index contributed by atoms with van der Waals surface area (Å²) in [7, 11) is 1.63. The van der Waals surface area contributed by atoms with E-state index in [2.05, 4.69) is 4.98 Å². The van der Waals surface area contributed by atoms with Crippen LogP contribution in [0.2, 0.25) is 5.02 Å². The van der Waals surface area contributed by atoms with Crippen LogP contribution < -0.4 is 9.47 Å². The first-order valence-electron chi connectivity index (χ1n) is 7.77. The molecule has 0 saturated carbocycles. The molecule has 0 aliphatic rings. The summed E-state index contributed by atoms with van der Waals surface area (Å²) in [5, 5.41) is 3.27. The Kier molecular flexibility index (Phi) is 6.09. The van der Waals surface area contributed by atoms with Gasteiger partial charge in [0.2, 0.25) is 0 Å². The molecule has 0 saturated heterocycles. The van der Waals surface area contributed by atoms with E-state index in [-0.39, 0.29) is 13.2 Å². The molecule has 3 aromatic rings. The highest BCUT2D eigenvalue weighted by atomic mass is 35.5. The Bertz CT molecular complexity index is 879. The van der Waals surface area contributed by atoms with Crippen molar-refractivity contribution >= 4 is 28.9 Å². The van der Waals surface area contributed by atoms with Crippen molar-refractivity contribution in [1.82, 2.24) is 4.98 Å². The standard InChI is InChI=1S/C19H16ClNO4S/c1-23-16-7-5-13(6-8-16)19-21-15(12-26-19)10-25-18(22)11-24-17-4-2-3-14(20)9-17/h2-9,12H,10-11H2,1H3. The van der Waals surface area contributed by atoms with E-state index in [9.17, 15) is 4.79 Å². The number of rotatable bonds is 7. The van der Waals surface area contributed by atoms with Crippen molar-refractivity contribution in [2.45, 2.75) is 6.61 Å². The van der Waals surface area contributed by atoms with Gasteiger partial charge in [-0.05, 0) is 42.5 Å². The molecule has 3 rings (SSSR count). The Morgan fingerprint density at radius 3 is 2.69 bits per heavy atom. The molecule has 1 aromatic heterocycles. The molecular formula is C19H16ClNO4S. The Hall–Kier alpha value is -2.57. The Balaban J connectivity index is 1.50. The number of hydrogen-bond acceptors (Lipinski definition) is 6. The number of ether oxygens (including phenoxy) is 3. The van der Waals surface area contributed by atoms with Gasteiger partial charge in [-0.3, -0.25) is 0 Å². The normalized spacial score (nSPS) is 10.4. The average molecular weight is 390 g/mol. The van der Waals surface area contributed by atoms with Gasteiger partial charge in [-0.2, -0.15) is 0 Å². The van der Waals surface area contributed by atoms with Crippen LogP contribution in [-0.4, -0.2) is 24.7 Å². The van der Waals surface area contributed by atoms with Crippen molar-refractivity contribution in [2.75, 3.05) is 13.7 Å². The van der Waals surface area contributed by atoms with E-state index in [1.807, 2.05) is 29.6 Å². The predicted molar refractivity (Wildman–Crippen MR) is 101 cm³/mol. The van der Waals surface area contributed by atoms with E-state index >= 15 is 0 Å². The summed E-state index contributed by atoms with van der Waals surface area (Å²) in [6.07, 6.45) is 0. The van der Waals surface area contributed by atoms with Gasteiger partial charge in [0, 0.05) is 16.0 Å². The highest BCUT2D eigenvalue weighted by Crippen LogP contribution is 2.26. The lowest BCUT2D eigenvalue weighted by Crippen LogP contribution is -2.14. The van der Waals surface area contributed by atoms with E-state index < -0.39 is 5.97 Å². The SMILES string of the molecule is COc1ccc(-c2nc(COC(=O)COc3cccc(Cl)c3)cs2)cc1. The first-order chi connectivity index (χ1) is 12.6. The second kappa shape index (κ2) is 8.69. The number of carbonyl (C=O) groups is 1. The fourth-order valence-corrected chi connectivity index (χ4v) is 3.13. The summed E-state index contributed by atoms with van der Waals surface area (Å²) in [6, 6.07) is 14.5. The molecule has 7 heteroatoms. The molecule has 0 amide bonds. The Morgan fingerprint density at radius 2 is 1.96 bits per heavy atom. The number of halogens is 1. The molecule has 0 radical (unpaired) electrons. The van der Waals surface area contributed by atoms with Crippen LogP contribution in [0.5, 0.6) is 11.5 Å². The molecule has 1 heterocycles. The molecule has 0 aliphatic heterocycles. The summed E-state index contributed by atoms with van der Waals surface area (Å²) in [4.78, 5) is 16.3. The largest absolute Gasteiger partial charge is 0.497 e. The molecule has 0 aliphatic carbocycles. The molecular weight excluding hydrogens is 374 g/mol. The fourth-order valence-electron chi connectivity index (χ4n) is 2.13. The first-order valence-corrected chi connectivity index (χ1v) is 9.02. The molecule has 134 valence electrons. The number of methoxy groups -OCH3 is 1. The van der Waals surface area contributed by atoms with Crippen molar-refractivity contribution in [3.8, 4) is 22.1 Å². The summed E-state index contributed by atoms with van der Waals surface area (Å²) in [5.41, 5.74) is 1.68. The number of carbonyl (C=O) groups excluding carboxylic acids is 1. The van der Waals surface area contributed by atoms with Crippen LogP contribution in [0.4, 0.5) is 0 Å². The van der Waals surface area contributed by atoms with E-state index in [0.717, 1.165) is 16.3 Å². The third-order valence-electron chi connectivity index (χ3n) is 3.42. The first kappa shape index (κ1) is 18.2. The zero-order chi connectivity index (χ0) is 18.4. The van der Waals surface area contributed by atoms with Crippen LogP contribution in [0.3, 0.4) is 0 Å². The van der Waals surface area contributed by atoms with Gasteiger partial charge in [0.15, 0.2) is 6.61 Å². The van der Waals surface area contributed by atoms with Crippen LogP contribution in [0.15, 0.2) is 53.9 Å². The molecule has 0 atom stereocenters. The second-order valence-electron chi connectivity index (χ2n) is 5.28. The van der Waals surface area contributed by atoms with E-state index in [0.29, 0.717) is 16.5 Å². The smallest absolute Gasteiger partial charge is 0.344 e. The van der Waals surface area contributed by atoms with Gasteiger partial charge in [0.05, 0.1) is 12.8 Å². The number of aromatic nitrogens is 1. The molecule has 0 bridgehead atoms. The summed E-state index contributed by atoms with van der Waals surface area (Å²) in [5.74, 6) is 0.841. The van der Waals surface area contributed by atoms with Crippen molar-refractivity contribution in [1.29, 1.82) is 0 Å². The maximum atomic E-state index is 11.8. The number of esters is 1. The average Bonchev–Trinajstić information content (AvgIpc) is 3.14. The van der Waals surface area contributed by atoms with Crippen LogP contribution in [0, 0.1) is 0 Å². The minimum Gasteiger partial charge on any atom is -0.497 e. The molecule has 0 unspecified atom stereocenters. The third-order valence-corrected chi connectivity index (χ3v) is 4.60. The summed E-state index contributed by atoms with van der Waals surface area (Å²) >= 11 is 7.35. The predicted octanol–water partition coefficient (Wildman–Crippen LogP) is 4.59. The second-order valence-corrected chi connectivity index (χ2v) is 6.57. The van der Waals surface area contributed by atoms with E-state index in [1.165, 1.54) is 11.3 Å². The van der Waals surface area contributed by atoms with Crippen LogP contribution in [0.25, 0.3) is 10.6 Å². The zero-order valence-corrected chi connectivity index (χ0v) is 15.5. The molecule has 5 nitrogen and oxygen atoms in total. The van der Waals surface area contributed by atoms with E-state index in [1.54, 1.807) is 31.4 Å². The lowest BCUT2D eigenvalue weighted by molar-refractivity contribution is -0.147. The number of thiazole rings is 1. The number of nitrogens with zero attached hydrogens (tertiary/aromatic N) is 1. The number of benzene rings is 2. The highest BCUT2D eigenvalue weighted by Gasteiger charge is 2.09. The highest BCUT2D eigenvalue weighted by molar-refractivity contribution is 7.13. The lowest BCUT2D eigenvalue weighted by atomic mass is 10.2. The van der Waals surface area contributed by atoms with Crippen LogP contribution in [-0.2, 0) is 16.1 Å². The number of hydrogen-bond donors (Lipinski definition) is 0. The lowest BCUT2D eigenvalue weighted by Gasteiger charge is -2.06. The summed E-state index contributed by atoms with van der Waals surface area (Å²) in [6.45, 7) is -0.0831. The molecule has 26 heavy (non-hydrogen) atoms. The monoisotopic (exact) mass is 389 g/mol. The topological polar surface area (TPSA) is 57.7 Å². The Labute approximate surface area is 160 Å². The van der Waals surface area contributed by atoms with Crippen molar-refractivity contribution < 1.29 is 19.0 Å². The van der Waals surface area contributed by atoms with Gasteiger partial charge >= 0.3 is 5.97 Å². The van der Waals surface area contributed by atoms with Gasteiger partial charge < -0.3 is 14.2 Å². The third kappa shape index (κ3) is 4.97. The maximum Gasteiger partial charge on any atom is 0.344 e. The zero-order valence-electron chi connectivity index (χ0n) is 14.0. The molecule has 0 fully saturated rings. The van der Waals surface area contributed by atoms with Gasteiger partial charge in [0.25, 0.3) is 0 Å². The molecule has 2 aromatic carbocycles. The fraction of sp³-hybridized carbons (Fsp3) is 0.158. The van der Waals surface area contributed by atoms with Gasteiger partial charge in [0.1, 0.15) is 23.1 Å². The minimum absolute atomic E-state index is 0.102. The summed E-state index contributed by atoms with van der Waals surface area (Å²) < 4.78 is 15.7. The van der Waals surface area contributed by atoms with Gasteiger partial charge in [-0.15, -0.1) is 11.3 Å². The van der Waals surface area contributed by atoms with Crippen molar-refractivity contribution in [3.63, 3.8) is 0 Å². The van der Waals surface area contributed by atoms with Gasteiger partial charge in [-0.25, -0.2) is 9.78 Å². The quantitative estimate of drug-likeness (QED) is 0.553.